The fraction of sp³-hybridized carbons (Fsp3) is 0.231. The Morgan fingerprint density at radius 1 is 1.18 bits per heavy atom. The Bertz CT molecular complexity index is 522. The molecule has 0 aliphatic heterocycles. The molecule has 1 heterocycles. The van der Waals surface area contributed by atoms with E-state index in [0.29, 0.717) is 0 Å². The molecule has 0 aliphatic carbocycles. The van der Waals surface area contributed by atoms with Crippen molar-refractivity contribution in [3.05, 3.63) is 50.8 Å². The summed E-state index contributed by atoms with van der Waals surface area (Å²) >= 11 is 6.83. The molecule has 0 spiro atoms. The van der Waals surface area contributed by atoms with Gasteiger partial charge in [0.15, 0.2) is 4.67 Å². The summed E-state index contributed by atoms with van der Waals surface area (Å²) in [6.07, 6.45) is 0. The summed E-state index contributed by atoms with van der Waals surface area (Å²) in [5.74, 6) is 0.911. The highest BCUT2D eigenvalue weighted by atomic mass is 79.9. The largest absolute Gasteiger partial charge is 0.452 e. The Hall–Kier alpha value is -0.740. The zero-order chi connectivity index (χ0) is 12.4. The number of anilines is 1. The van der Waals surface area contributed by atoms with Crippen molar-refractivity contribution in [2.24, 2.45) is 0 Å². The Labute approximate surface area is 118 Å². The lowest BCUT2D eigenvalue weighted by molar-refractivity contribution is 0.471. The molecule has 90 valence electrons. The van der Waals surface area contributed by atoms with Crippen molar-refractivity contribution in [2.45, 2.75) is 19.9 Å². The molecular formula is C13H13Br2NO. The first-order chi connectivity index (χ1) is 8.06. The second kappa shape index (κ2) is 5.27. The summed E-state index contributed by atoms with van der Waals surface area (Å²) < 4.78 is 7.38. The second-order valence-electron chi connectivity index (χ2n) is 3.97. The quantitative estimate of drug-likeness (QED) is 0.806. The number of halogens is 2. The highest BCUT2D eigenvalue weighted by Gasteiger charge is 2.09. The first-order valence-electron chi connectivity index (χ1n) is 5.34. The number of nitrogens with one attached hydrogen (secondary N) is 1. The van der Waals surface area contributed by atoms with Gasteiger partial charge in [-0.15, -0.1) is 0 Å². The number of benzene rings is 1. The molecule has 0 fully saturated rings. The minimum absolute atomic E-state index is 0.135. The van der Waals surface area contributed by atoms with Gasteiger partial charge in [-0.2, -0.15) is 0 Å². The van der Waals surface area contributed by atoms with Crippen LogP contribution in [0.3, 0.4) is 0 Å². The number of aryl methyl sites for hydroxylation is 1. The van der Waals surface area contributed by atoms with Gasteiger partial charge in [0, 0.05) is 10.2 Å². The van der Waals surface area contributed by atoms with Crippen molar-refractivity contribution in [1.29, 1.82) is 0 Å². The highest BCUT2D eigenvalue weighted by Crippen LogP contribution is 2.26. The molecule has 0 bridgehead atoms. The van der Waals surface area contributed by atoms with Crippen LogP contribution in [0.2, 0.25) is 0 Å². The highest BCUT2D eigenvalue weighted by molar-refractivity contribution is 9.10. The molecular weight excluding hydrogens is 346 g/mol. The van der Waals surface area contributed by atoms with Gasteiger partial charge in [0.25, 0.3) is 0 Å². The van der Waals surface area contributed by atoms with Crippen molar-refractivity contribution in [3.63, 3.8) is 0 Å². The van der Waals surface area contributed by atoms with Gasteiger partial charge in [0.2, 0.25) is 0 Å². The van der Waals surface area contributed by atoms with Crippen LogP contribution in [-0.2, 0) is 0 Å². The van der Waals surface area contributed by atoms with Crippen molar-refractivity contribution < 1.29 is 4.42 Å². The maximum Gasteiger partial charge on any atom is 0.169 e. The van der Waals surface area contributed by atoms with E-state index in [1.54, 1.807) is 0 Å². The summed E-state index contributed by atoms with van der Waals surface area (Å²) in [6.45, 7) is 4.14. The van der Waals surface area contributed by atoms with Gasteiger partial charge in [-0.25, -0.2) is 0 Å². The van der Waals surface area contributed by atoms with Gasteiger partial charge in [0.05, 0.1) is 6.04 Å². The third kappa shape index (κ3) is 3.13. The third-order valence-corrected chi connectivity index (χ3v) is 3.86. The molecule has 0 aliphatic rings. The molecule has 1 unspecified atom stereocenters. The topological polar surface area (TPSA) is 25.2 Å². The molecule has 0 radical (unpaired) electrons. The van der Waals surface area contributed by atoms with Gasteiger partial charge in [-0.1, -0.05) is 22.0 Å². The molecule has 4 heteroatoms. The summed E-state index contributed by atoms with van der Waals surface area (Å²) in [7, 11) is 0. The zero-order valence-corrected chi connectivity index (χ0v) is 12.8. The lowest BCUT2D eigenvalue weighted by Crippen LogP contribution is -2.05. The predicted molar refractivity (Wildman–Crippen MR) is 77.3 cm³/mol. The molecule has 1 aromatic carbocycles. The van der Waals surface area contributed by atoms with Gasteiger partial charge in [0.1, 0.15) is 5.76 Å². The average molecular weight is 359 g/mol. The SMILES string of the molecule is Cc1ccc(NC(C)c2ccc(Br)o2)cc1Br. The Kier molecular flexibility index (Phi) is 3.94. The standard InChI is InChI=1S/C13H13Br2NO/c1-8-3-4-10(7-11(8)14)16-9(2)12-5-6-13(15)17-12/h3-7,9,16H,1-2H3. The average Bonchev–Trinajstić information content (AvgIpc) is 2.70. The molecule has 0 saturated carbocycles. The number of furan rings is 1. The van der Waals surface area contributed by atoms with Crippen LogP contribution >= 0.6 is 31.9 Å². The van der Waals surface area contributed by atoms with Crippen LogP contribution in [0, 0.1) is 6.92 Å². The van der Waals surface area contributed by atoms with Gasteiger partial charge < -0.3 is 9.73 Å². The van der Waals surface area contributed by atoms with E-state index in [1.807, 2.05) is 12.1 Å². The summed E-state index contributed by atoms with van der Waals surface area (Å²) in [4.78, 5) is 0. The third-order valence-electron chi connectivity index (χ3n) is 2.58. The van der Waals surface area contributed by atoms with Crippen LogP contribution in [0.15, 0.2) is 43.9 Å². The molecule has 2 aromatic rings. The second-order valence-corrected chi connectivity index (χ2v) is 5.61. The summed E-state index contributed by atoms with van der Waals surface area (Å²) in [5, 5.41) is 3.39. The summed E-state index contributed by atoms with van der Waals surface area (Å²) in [6, 6.07) is 10.2. The molecule has 1 aromatic heterocycles. The van der Waals surface area contributed by atoms with Crippen LogP contribution in [0.4, 0.5) is 5.69 Å². The summed E-state index contributed by atoms with van der Waals surface area (Å²) in [5.41, 5.74) is 2.30. The van der Waals surface area contributed by atoms with E-state index in [-0.39, 0.29) is 6.04 Å². The van der Waals surface area contributed by atoms with Crippen molar-refractivity contribution >= 4 is 37.5 Å². The van der Waals surface area contributed by atoms with Crippen LogP contribution in [-0.4, -0.2) is 0 Å². The normalized spacial score (nSPS) is 12.5. The van der Waals surface area contributed by atoms with Gasteiger partial charge in [-0.05, 0) is 59.6 Å². The minimum atomic E-state index is 0.135. The van der Waals surface area contributed by atoms with Crippen LogP contribution in [0.25, 0.3) is 0 Å². The van der Waals surface area contributed by atoms with Crippen molar-refractivity contribution in [1.82, 2.24) is 0 Å². The van der Waals surface area contributed by atoms with Crippen LogP contribution in [0.5, 0.6) is 0 Å². The lowest BCUT2D eigenvalue weighted by Gasteiger charge is -2.13. The Morgan fingerprint density at radius 2 is 1.94 bits per heavy atom. The van der Waals surface area contributed by atoms with E-state index in [4.69, 9.17) is 4.42 Å². The minimum Gasteiger partial charge on any atom is -0.452 e. The number of rotatable bonds is 3. The lowest BCUT2D eigenvalue weighted by atomic mass is 10.2. The van der Waals surface area contributed by atoms with E-state index >= 15 is 0 Å². The van der Waals surface area contributed by atoms with E-state index in [9.17, 15) is 0 Å². The molecule has 0 saturated heterocycles. The van der Waals surface area contributed by atoms with Crippen molar-refractivity contribution in [2.75, 3.05) is 5.32 Å². The molecule has 17 heavy (non-hydrogen) atoms. The van der Waals surface area contributed by atoms with E-state index in [2.05, 4.69) is 69.2 Å². The molecule has 2 nitrogen and oxygen atoms in total. The van der Waals surface area contributed by atoms with Crippen LogP contribution in [0.1, 0.15) is 24.3 Å². The van der Waals surface area contributed by atoms with Crippen LogP contribution < -0.4 is 5.32 Å². The number of hydrogen-bond acceptors (Lipinski definition) is 2. The molecule has 1 atom stereocenters. The first-order valence-corrected chi connectivity index (χ1v) is 6.93. The first kappa shape index (κ1) is 12.7. The maximum atomic E-state index is 5.51. The van der Waals surface area contributed by atoms with E-state index in [1.165, 1.54) is 5.56 Å². The van der Waals surface area contributed by atoms with Gasteiger partial charge >= 0.3 is 0 Å². The molecule has 1 N–H and O–H groups in total. The predicted octanol–water partition coefficient (Wildman–Crippen LogP) is 5.29. The fourth-order valence-corrected chi connectivity index (χ4v) is 2.26. The van der Waals surface area contributed by atoms with E-state index < -0.39 is 0 Å². The molecule has 0 amide bonds. The zero-order valence-electron chi connectivity index (χ0n) is 9.63. The fourth-order valence-electron chi connectivity index (χ4n) is 1.56. The van der Waals surface area contributed by atoms with Crippen molar-refractivity contribution in [3.8, 4) is 0 Å². The smallest absolute Gasteiger partial charge is 0.169 e. The Morgan fingerprint density at radius 3 is 2.53 bits per heavy atom. The van der Waals surface area contributed by atoms with E-state index in [0.717, 1.165) is 20.6 Å². The Balaban J connectivity index is 2.12. The number of hydrogen-bond donors (Lipinski definition) is 1. The maximum absolute atomic E-state index is 5.51. The van der Waals surface area contributed by atoms with Gasteiger partial charge in [-0.3, -0.25) is 0 Å². The molecule has 2 rings (SSSR count). The monoisotopic (exact) mass is 357 g/mol.